The Balaban J connectivity index is 2.55. The Bertz CT molecular complexity index is 411. The lowest BCUT2D eigenvalue weighted by atomic mass is 9.87. The molecule has 1 rings (SSSR count). The van der Waals surface area contributed by atoms with E-state index in [2.05, 4.69) is 25.8 Å². The monoisotopic (exact) mass is 277 g/mol. The summed E-state index contributed by atoms with van der Waals surface area (Å²) in [7, 11) is 0. The molecule has 0 aliphatic rings. The van der Waals surface area contributed by atoms with Crippen LogP contribution in [0.3, 0.4) is 0 Å². The van der Waals surface area contributed by atoms with Crippen molar-refractivity contribution in [3.63, 3.8) is 0 Å². The van der Waals surface area contributed by atoms with Crippen LogP contribution in [0.1, 0.15) is 46.2 Å². The van der Waals surface area contributed by atoms with Crippen LogP contribution in [0.4, 0.5) is 0 Å². The Morgan fingerprint density at radius 1 is 1.40 bits per heavy atom. The van der Waals surface area contributed by atoms with Crippen LogP contribution < -0.4 is 5.73 Å². The molecule has 1 heterocycles. The molecule has 1 unspecified atom stereocenters. The van der Waals surface area contributed by atoms with Gasteiger partial charge in [-0.25, -0.2) is 0 Å². The first kappa shape index (κ1) is 16.6. The summed E-state index contributed by atoms with van der Waals surface area (Å²) in [4.78, 5) is 18.4. The molecule has 0 radical (unpaired) electrons. The number of amides is 1. The van der Waals surface area contributed by atoms with Crippen molar-refractivity contribution in [1.29, 1.82) is 0 Å². The maximum absolute atomic E-state index is 12.3. The third-order valence-electron chi connectivity index (χ3n) is 3.12. The van der Waals surface area contributed by atoms with Crippen molar-refractivity contribution in [2.24, 2.45) is 11.1 Å². The molecule has 0 fully saturated rings. The Hall–Kier alpha value is -1.42. The standard InChI is InChI=1S/C16H27N3O/c1-5-19(12-14-8-6-7-9-18-14)15(20)10-13(17)11-16(2,3)4/h6-9,13H,5,10-12,17H2,1-4H3. The van der Waals surface area contributed by atoms with E-state index in [1.807, 2.05) is 30.0 Å². The second-order valence-corrected chi connectivity index (χ2v) is 6.46. The normalized spacial score (nSPS) is 13.1. The van der Waals surface area contributed by atoms with E-state index in [1.54, 1.807) is 6.20 Å². The quantitative estimate of drug-likeness (QED) is 0.869. The van der Waals surface area contributed by atoms with Gasteiger partial charge in [0.25, 0.3) is 0 Å². The molecule has 4 nitrogen and oxygen atoms in total. The van der Waals surface area contributed by atoms with E-state index in [-0.39, 0.29) is 17.4 Å². The molecule has 1 amide bonds. The van der Waals surface area contributed by atoms with Crippen molar-refractivity contribution in [2.45, 2.75) is 53.1 Å². The Kier molecular flexibility index (Phi) is 6.14. The summed E-state index contributed by atoms with van der Waals surface area (Å²) in [6.45, 7) is 9.64. The van der Waals surface area contributed by atoms with Gasteiger partial charge in [0.05, 0.1) is 12.2 Å². The third-order valence-corrected chi connectivity index (χ3v) is 3.12. The number of carbonyl (C=O) groups excluding carboxylic acids is 1. The number of carbonyl (C=O) groups is 1. The van der Waals surface area contributed by atoms with E-state index in [9.17, 15) is 4.79 Å². The first-order valence-electron chi connectivity index (χ1n) is 7.25. The number of nitrogens with zero attached hydrogens (tertiary/aromatic N) is 2. The predicted molar refractivity (Wildman–Crippen MR) is 82.0 cm³/mol. The van der Waals surface area contributed by atoms with Crippen molar-refractivity contribution in [1.82, 2.24) is 9.88 Å². The summed E-state index contributed by atoms with van der Waals surface area (Å²) >= 11 is 0. The topological polar surface area (TPSA) is 59.2 Å². The van der Waals surface area contributed by atoms with E-state index < -0.39 is 0 Å². The fraction of sp³-hybridized carbons (Fsp3) is 0.625. The van der Waals surface area contributed by atoms with Gasteiger partial charge in [0.1, 0.15) is 0 Å². The number of aromatic nitrogens is 1. The summed E-state index contributed by atoms with van der Waals surface area (Å²) in [5.74, 6) is 0.106. The van der Waals surface area contributed by atoms with Crippen LogP contribution in [0.15, 0.2) is 24.4 Å². The molecule has 2 N–H and O–H groups in total. The smallest absolute Gasteiger partial charge is 0.224 e. The fourth-order valence-electron chi connectivity index (χ4n) is 2.28. The number of hydrogen-bond donors (Lipinski definition) is 1. The summed E-state index contributed by atoms with van der Waals surface area (Å²) in [5, 5.41) is 0. The van der Waals surface area contributed by atoms with E-state index >= 15 is 0 Å². The minimum Gasteiger partial charge on any atom is -0.337 e. The maximum Gasteiger partial charge on any atom is 0.224 e. The van der Waals surface area contributed by atoms with Gasteiger partial charge in [0.2, 0.25) is 5.91 Å². The third kappa shape index (κ3) is 6.15. The molecule has 0 aromatic carbocycles. The van der Waals surface area contributed by atoms with E-state index in [0.717, 1.165) is 12.1 Å². The van der Waals surface area contributed by atoms with Gasteiger partial charge in [0, 0.05) is 25.2 Å². The van der Waals surface area contributed by atoms with Crippen LogP contribution in [0.2, 0.25) is 0 Å². The minimum atomic E-state index is -0.0831. The van der Waals surface area contributed by atoms with Crippen molar-refractivity contribution in [3.8, 4) is 0 Å². The zero-order valence-electron chi connectivity index (χ0n) is 13.1. The van der Waals surface area contributed by atoms with Gasteiger partial charge in [-0.15, -0.1) is 0 Å². The lowest BCUT2D eigenvalue weighted by Gasteiger charge is -2.26. The first-order chi connectivity index (χ1) is 9.31. The van der Waals surface area contributed by atoms with Crippen LogP contribution in [0.25, 0.3) is 0 Å². The van der Waals surface area contributed by atoms with E-state index in [0.29, 0.717) is 19.5 Å². The summed E-state index contributed by atoms with van der Waals surface area (Å²) < 4.78 is 0. The molecule has 4 heteroatoms. The molecule has 0 saturated carbocycles. The molecule has 0 aliphatic heterocycles. The molecule has 1 atom stereocenters. The largest absolute Gasteiger partial charge is 0.337 e. The molecule has 0 aliphatic carbocycles. The minimum absolute atomic E-state index is 0.0831. The zero-order valence-corrected chi connectivity index (χ0v) is 13.1. The van der Waals surface area contributed by atoms with E-state index in [4.69, 9.17) is 5.73 Å². The highest BCUT2D eigenvalue weighted by atomic mass is 16.2. The van der Waals surface area contributed by atoms with Crippen molar-refractivity contribution >= 4 is 5.91 Å². The number of pyridine rings is 1. The molecule has 0 bridgehead atoms. The maximum atomic E-state index is 12.3. The highest BCUT2D eigenvalue weighted by Crippen LogP contribution is 2.21. The SMILES string of the molecule is CCN(Cc1ccccn1)C(=O)CC(N)CC(C)(C)C. The average Bonchev–Trinajstić information content (AvgIpc) is 2.34. The van der Waals surface area contributed by atoms with Gasteiger partial charge in [-0.1, -0.05) is 26.8 Å². The molecular weight excluding hydrogens is 250 g/mol. The number of nitrogens with two attached hydrogens (primary N) is 1. The zero-order chi connectivity index (χ0) is 15.2. The number of rotatable bonds is 6. The van der Waals surface area contributed by atoms with E-state index in [1.165, 1.54) is 0 Å². The molecule has 0 saturated heterocycles. The van der Waals surface area contributed by atoms with Crippen LogP contribution in [-0.4, -0.2) is 28.4 Å². The molecule has 1 aromatic heterocycles. The van der Waals surface area contributed by atoms with Gasteiger partial charge in [0.15, 0.2) is 0 Å². The van der Waals surface area contributed by atoms with Gasteiger partial charge < -0.3 is 10.6 Å². The summed E-state index contributed by atoms with van der Waals surface area (Å²) in [5.41, 5.74) is 7.14. The molecule has 1 aromatic rings. The lowest BCUT2D eigenvalue weighted by molar-refractivity contribution is -0.132. The van der Waals surface area contributed by atoms with Gasteiger partial charge in [-0.3, -0.25) is 9.78 Å². The lowest BCUT2D eigenvalue weighted by Crippen LogP contribution is -2.37. The Morgan fingerprint density at radius 2 is 2.10 bits per heavy atom. The van der Waals surface area contributed by atoms with Crippen molar-refractivity contribution in [2.75, 3.05) is 6.54 Å². The fourth-order valence-corrected chi connectivity index (χ4v) is 2.28. The van der Waals surface area contributed by atoms with Gasteiger partial charge >= 0.3 is 0 Å². The van der Waals surface area contributed by atoms with Crippen LogP contribution in [0.5, 0.6) is 0 Å². The molecule has 0 spiro atoms. The first-order valence-corrected chi connectivity index (χ1v) is 7.25. The second kappa shape index (κ2) is 7.39. The second-order valence-electron chi connectivity index (χ2n) is 6.46. The van der Waals surface area contributed by atoms with Crippen molar-refractivity contribution in [3.05, 3.63) is 30.1 Å². The Morgan fingerprint density at radius 3 is 2.60 bits per heavy atom. The van der Waals surface area contributed by atoms with Gasteiger partial charge in [-0.05, 0) is 30.9 Å². The predicted octanol–water partition coefficient (Wildman–Crippen LogP) is 2.58. The molecule has 20 heavy (non-hydrogen) atoms. The summed E-state index contributed by atoms with van der Waals surface area (Å²) in [6, 6.07) is 5.66. The number of hydrogen-bond acceptors (Lipinski definition) is 3. The van der Waals surface area contributed by atoms with Crippen LogP contribution in [0, 0.1) is 5.41 Å². The molecule has 112 valence electrons. The van der Waals surface area contributed by atoms with Crippen LogP contribution in [-0.2, 0) is 11.3 Å². The highest BCUT2D eigenvalue weighted by Gasteiger charge is 2.21. The van der Waals surface area contributed by atoms with Crippen LogP contribution >= 0.6 is 0 Å². The summed E-state index contributed by atoms with van der Waals surface area (Å²) in [6.07, 6.45) is 3.00. The highest BCUT2D eigenvalue weighted by molar-refractivity contribution is 5.76. The molecular formula is C16H27N3O. The van der Waals surface area contributed by atoms with Crippen molar-refractivity contribution < 1.29 is 4.79 Å². The average molecular weight is 277 g/mol. The Labute approximate surface area is 122 Å². The van der Waals surface area contributed by atoms with Gasteiger partial charge in [-0.2, -0.15) is 0 Å².